The molecule has 3 N–H and O–H groups in total. The Morgan fingerprint density at radius 1 is 1.42 bits per heavy atom. The van der Waals surface area contributed by atoms with Crippen LogP contribution in [0.4, 0.5) is 18.9 Å². The third-order valence-electron chi connectivity index (χ3n) is 2.80. The van der Waals surface area contributed by atoms with Crippen LogP contribution in [-0.2, 0) is 11.0 Å². The number of nitrogens with two attached hydrogens (primary N) is 1. The van der Waals surface area contributed by atoms with Crippen LogP contribution in [0.15, 0.2) is 18.2 Å². The molecule has 1 amide bonds. The Bertz CT molecular complexity index is 486. The Kier molecular flexibility index (Phi) is 4.47. The number of alkyl halides is 3. The molecular weight excluding hydrogens is 281 g/mol. The highest BCUT2D eigenvalue weighted by Crippen LogP contribution is 2.33. The molecule has 1 rings (SSSR count). The summed E-state index contributed by atoms with van der Waals surface area (Å²) in [6.45, 7) is 3.26. The van der Waals surface area contributed by atoms with E-state index in [2.05, 4.69) is 5.32 Å². The Balaban J connectivity index is 2.96. The van der Waals surface area contributed by atoms with Crippen LogP contribution in [0.3, 0.4) is 0 Å². The Morgan fingerprint density at radius 2 is 2.00 bits per heavy atom. The lowest BCUT2D eigenvalue weighted by molar-refractivity contribution is -0.137. The highest BCUT2D eigenvalue weighted by molar-refractivity contribution is 6.33. The molecule has 0 saturated carbocycles. The number of benzene rings is 1. The molecule has 106 valence electrons. The van der Waals surface area contributed by atoms with Gasteiger partial charge in [-0.1, -0.05) is 18.5 Å². The third-order valence-corrected chi connectivity index (χ3v) is 3.11. The van der Waals surface area contributed by atoms with Gasteiger partial charge in [0.1, 0.15) is 0 Å². The number of nitrogens with one attached hydrogen (secondary N) is 1. The third kappa shape index (κ3) is 3.84. The van der Waals surface area contributed by atoms with E-state index >= 15 is 0 Å². The van der Waals surface area contributed by atoms with Crippen LogP contribution in [0, 0.1) is 0 Å². The van der Waals surface area contributed by atoms with Crippen LogP contribution in [0.1, 0.15) is 25.8 Å². The van der Waals surface area contributed by atoms with Gasteiger partial charge in [-0.2, -0.15) is 13.2 Å². The highest BCUT2D eigenvalue weighted by atomic mass is 35.5. The topological polar surface area (TPSA) is 55.1 Å². The molecule has 0 radical (unpaired) electrons. The van der Waals surface area contributed by atoms with Gasteiger partial charge in [0.15, 0.2) is 0 Å². The molecule has 3 nitrogen and oxygen atoms in total. The molecule has 0 aromatic heterocycles. The molecule has 1 atom stereocenters. The predicted octanol–water partition coefficient (Wildman–Crippen LogP) is 3.42. The number of halogens is 4. The normalized spacial score (nSPS) is 14.9. The molecule has 0 bridgehead atoms. The van der Waals surface area contributed by atoms with Crippen molar-refractivity contribution >= 4 is 23.2 Å². The summed E-state index contributed by atoms with van der Waals surface area (Å²) in [6, 6.07) is 2.72. The van der Waals surface area contributed by atoms with Gasteiger partial charge in [-0.25, -0.2) is 0 Å². The van der Waals surface area contributed by atoms with Crippen molar-refractivity contribution in [3.05, 3.63) is 28.8 Å². The zero-order valence-electron chi connectivity index (χ0n) is 10.4. The highest BCUT2D eigenvalue weighted by Gasteiger charge is 2.31. The van der Waals surface area contributed by atoms with Gasteiger partial charge >= 0.3 is 6.18 Å². The summed E-state index contributed by atoms with van der Waals surface area (Å²) in [5, 5.41) is 2.23. The average Bonchev–Trinajstić information content (AvgIpc) is 2.30. The van der Waals surface area contributed by atoms with E-state index < -0.39 is 23.2 Å². The maximum Gasteiger partial charge on any atom is 0.416 e. The second-order valence-corrected chi connectivity index (χ2v) is 4.82. The first-order chi connectivity index (χ1) is 8.58. The fourth-order valence-electron chi connectivity index (χ4n) is 1.22. The van der Waals surface area contributed by atoms with Gasteiger partial charge < -0.3 is 11.1 Å². The van der Waals surface area contributed by atoms with Crippen LogP contribution in [0.25, 0.3) is 0 Å². The number of hydrogen-bond acceptors (Lipinski definition) is 2. The second-order valence-electron chi connectivity index (χ2n) is 4.42. The zero-order chi connectivity index (χ0) is 14.8. The first-order valence-corrected chi connectivity index (χ1v) is 5.93. The molecule has 1 aromatic carbocycles. The maximum atomic E-state index is 12.4. The summed E-state index contributed by atoms with van der Waals surface area (Å²) in [5.74, 6) is -0.503. The summed E-state index contributed by atoms with van der Waals surface area (Å²) < 4.78 is 37.3. The molecule has 7 heteroatoms. The molecule has 0 heterocycles. The van der Waals surface area contributed by atoms with Crippen LogP contribution in [0.5, 0.6) is 0 Å². The average molecular weight is 295 g/mol. The van der Waals surface area contributed by atoms with Crippen molar-refractivity contribution in [3.63, 3.8) is 0 Å². The van der Waals surface area contributed by atoms with E-state index in [1.165, 1.54) is 6.92 Å². The standard InChI is InChI=1S/C12H14ClF3N2O/c1-3-11(2,17)10(19)18-9-5-4-7(6-8(9)13)12(14,15)16/h4-6H,3,17H2,1-2H3,(H,18,19). The van der Waals surface area contributed by atoms with E-state index in [-0.39, 0.29) is 10.7 Å². The summed E-state index contributed by atoms with van der Waals surface area (Å²) in [6.07, 6.45) is -4.09. The van der Waals surface area contributed by atoms with Crippen molar-refractivity contribution in [2.45, 2.75) is 32.0 Å². The summed E-state index contributed by atoms with van der Waals surface area (Å²) in [5.41, 5.74) is 3.84. The van der Waals surface area contributed by atoms with E-state index in [1.807, 2.05) is 0 Å². The van der Waals surface area contributed by atoms with Crippen LogP contribution < -0.4 is 11.1 Å². The number of carbonyl (C=O) groups is 1. The van der Waals surface area contributed by atoms with Crippen molar-refractivity contribution in [1.29, 1.82) is 0 Å². The molecule has 0 aliphatic rings. The largest absolute Gasteiger partial charge is 0.416 e. The monoisotopic (exact) mass is 294 g/mol. The van der Waals surface area contributed by atoms with E-state index in [0.717, 1.165) is 18.2 Å². The Labute approximate surface area is 113 Å². The van der Waals surface area contributed by atoms with Gasteiger partial charge in [0.25, 0.3) is 0 Å². The van der Waals surface area contributed by atoms with Gasteiger partial charge in [-0.3, -0.25) is 4.79 Å². The number of amides is 1. The summed E-state index contributed by atoms with van der Waals surface area (Å²) in [7, 11) is 0. The number of carbonyl (C=O) groups excluding carboxylic acids is 1. The number of hydrogen-bond donors (Lipinski definition) is 2. The smallest absolute Gasteiger partial charge is 0.323 e. The van der Waals surface area contributed by atoms with Crippen molar-refractivity contribution in [2.24, 2.45) is 5.73 Å². The van der Waals surface area contributed by atoms with Crippen molar-refractivity contribution < 1.29 is 18.0 Å². The van der Waals surface area contributed by atoms with Crippen LogP contribution >= 0.6 is 11.6 Å². The van der Waals surface area contributed by atoms with Gasteiger partial charge in [-0.15, -0.1) is 0 Å². The van der Waals surface area contributed by atoms with E-state index in [1.54, 1.807) is 6.92 Å². The van der Waals surface area contributed by atoms with E-state index in [9.17, 15) is 18.0 Å². The van der Waals surface area contributed by atoms with Gasteiger partial charge in [0.2, 0.25) is 5.91 Å². The molecule has 0 aliphatic heterocycles. The van der Waals surface area contributed by atoms with E-state index in [4.69, 9.17) is 17.3 Å². The SMILES string of the molecule is CCC(C)(N)C(=O)Nc1ccc(C(F)(F)F)cc1Cl. The Hall–Kier alpha value is -1.27. The minimum Gasteiger partial charge on any atom is -0.323 e. The molecule has 0 saturated heterocycles. The van der Waals surface area contributed by atoms with Crippen molar-refractivity contribution in [1.82, 2.24) is 0 Å². The number of anilines is 1. The van der Waals surface area contributed by atoms with Gasteiger partial charge in [-0.05, 0) is 31.5 Å². The molecule has 1 aromatic rings. The number of rotatable bonds is 3. The van der Waals surface area contributed by atoms with Gasteiger partial charge in [0.05, 0.1) is 21.8 Å². The fraction of sp³-hybridized carbons (Fsp3) is 0.417. The summed E-state index contributed by atoms with van der Waals surface area (Å²) in [4.78, 5) is 11.8. The molecular formula is C12H14ClF3N2O. The van der Waals surface area contributed by atoms with Crippen molar-refractivity contribution in [2.75, 3.05) is 5.32 Å². The Morgan fingerprint density at radius 3 is 2.42 bits per heavy atom. The molecule has 19 heavy (non-hydrogen) atoms. The van der Waals surface area contributed by atoms with E-state index in [0.29, 0.717) is 6.42 Å². The quantitative estimate of drug-likeness (QED) is 0.897. The maximum absolute atomic E-state index is 12.4. The zero-order valence-corrected chi connectivity index (χ0v) is 11.2. The second kappa shape index (κ2) is 5.38. The first kappa shape index (κ1) is 15.8. The minimum absolute atomic E-state index is 0.102. The lowest BCUT2D eigenvalue weighted by atomic mass is 9.99. The summed E-state index contributed by atoms with van der Waals surface area (Å²) >= 11 is 5.72. The molecule has 1 unspecified atom stereocenters. The van der Waals surface area contributed by atoms with Crippen molar-refractivity contribution in [3.8, 4) is 0 Å². The van der Waals surface area contributed by atoms with Crippen LogP contribution in [-0.4, -0.2) is 11.4 Å². The van der Waals surface area contributed by atoms with Gasteiger partial charge in [0, 0.05) is 0 Å². The molecule has 0 fully saturated rings. The van der Waals surface area contributed by atoms with Crippen LogP contribution in [0.2, 0.25) is 5.02 Å². The first-order valence-electron chi connectivity index (χ1n) is 5.55. The minimum atomic E-state index is -4.47. The lowest BCUT2D eigenvalue weighted by Crippen LogP contribution is -2.47. The lowest BCUT2D eigenvalue weighted by Gasteiger charge is -2.22. The predicted molar refractivity (Wildman–Crippen MR) is 68.0 cm³/mol. The molecule has 0 aliphatic carbocycles. The molecule has 0 spiro atoms. The fourth-order valence-corrected chi connectivity index (χ4v) is 1.45.